The van der Waals surface area contributed by atoms with Gasteiger partial charge in [0.15, 0.2) is 0 Å². The standard InChI is InChI=1S/C18H26N2/c1-8-10-11-12-15(5)16(6)19-13-18(9-2)17(7)20-14(3)4/h8-14,20H,1-2,6H2,3-5,7H3/b11-10-,15-12+,18-17+,19-13-. The van der Waals surface area contributed by atoms with E-state index < -0.39 is 0 Å². The first-order valence-corrected chi connectivity index (χ1v) is 6.71. The van der Waals surface area contributed by atoms with Crippen molar-refractivity contribution in [1.82, 2.24) is 5.32 Å². The van der Waals surface area contributed by atoms with Crippen LogP contribution in [-0.2, 0) is 0 Å². The van der Waals surface area contributed by atoms with Gasteiger partial charge in [-0.2, -0.15) is 0 Å². The van der Waals surface area contributed by atoms with Crippen LogP contribution in [0.15, 0.2) is 77.6 Å². The van der Waals surface area contributed by atoms with Crippen LogP contribution in [0.3, 0.4) is 0 Å². The predicted octanol–water partition coefficient (Wildman–Crippen LogP) is 4.72. The van der Waals surface area contributed by atoms with Crippen LogP contribution in [0.4, 0.5) is 0 Å². The van der Waals surface area contributed by atoms with Gasteiger partial charge in [-0.3, -0.25) is 4.99 Å². The van der Waals surface area contributed by atoms with Crippen LogP contribution < -0.4 is 5.32 Å². The summed E-state index contributed by atoms with van der Waals surface area (Å²) < 4.78 is 0. The lowest BCUT2D eigenvalue weighted by Gasteiger charge is -2.12. The number of nitrogens with zero attached hydrogens (tertiary/aromatic N) is 1. The Morgan fingerprint density at radius 1 is 1.15 bits per heavy atom. The molecule has 0 aromatic heterocycles. The molecule has 0 aliphatic carbocycles. The average molecular weight is 270 g/mol. The maximum Gasteiger partial charge on any atom is 0.0587 e. The highest BCUT2D eigenvalue weighted by molar-refractivity contribution is 5.84. The van der Waals surface area contributed by atoms with Gasteiger partial charge in [0, 0.05) is 23.5 Å². The van der Waals surface area contributed by atoms with Crippen LogP contribution in [-0.4, -0.2) is 12.3 Å². The summed E-state index contributed by atoms with van der Waals surface area (Å²) in [5, 5.41) is 3.34. The highest BCUT2D eigenvalue weighted by atomic mass is 14.9. The summed E-state index contributed by atoms with van der Waals surface area (Å²) in [7, 11) is 0. The first-order valence-electron chi connectivity index (χ1n) is 6.71. The van der Waals surface area contributed by atoms with E-state index in [1.165, 1.54) is 0 Å². The van der Waals surface area contributed by atoms with Gasteiger partial charge in [0.05, 0.1) is 5.70 Å². The molecule has 0 bridgehead atoms. The molecule has 0 aromatic rings. The van der Waals surface area contributed by atoms with Gasteiger partial charge in [-0.15, -0.1) is 0 Å². The number of hydrogen-bond acceptors (Lipinski definition) is 2. The van der Waals surface area contributed by atoms with Gasteiger partial charge >= 0.3 is 0 Å². The molecule has 0 fully saturated rings. The number of aliphatic imine (C=N–C) groups is 1. The summed E-state index contributed by atoms with van der Waals surface area (Å²) in [5.41, 5.74) is 3.77. The Hall–Kier alpha value is -2.09. The molecule has 0 aliphatic rings. The van der Waals surface area contributed by atoms with Gasteiger partial charge < -0.3 is 5.32 Å². The molecule has 2 nitrogen and oxygen atoms in total. The van der Waals surface area contributed by atoms with E-state index in [-0.39, 0.29) is 0 Å². The number of allylic oxidation sites excluding steroid dienone is 8. The SMILES string of the molecule is C=C/C=C\C=C(/C)C(=C)/N=C\C(C=C)=C(/C)NC(C)C. The van der Waals surface area contributed by atoms with Crippen LogP contribution in [0.2, 0.25) is 0 Å². The van der Waals surface area contributed by atoms with Crippen LogP contribution in [0.5, 0.6) is 0 Å². The second kappa shape index (κ2) is 9.79. The quantitative estimate of drug-likeness (QED) is 0.501. The molecule has 0 saturated heterocycles. The van der Waals surface area contributed by atoms with Crippen molar-refractivity contribution in [3.05, 3.63) is 72.7 Å². The van der Waals surface area contributed by atoms with Gasteiger partial charge in [-0.25, -0.2) is 0 Å². The smallest absolute Gasteiger partial charge is 0.0587 e. The summed E-state index contributed by atoms with van der Waals surface area (Å²) in [5.74, 6) is 0. The second-order valence-electron chi connectivity index (χ2n) is 4.76. The van der Waals surface area contributed by atoms with Crippen molar-refractivity contribution in [3.63, 3.8) is 0 Å². The van der Waals surface area contributed by atoms with Crippen molar-refractivity contribution in [2.75, 3.05) is 0 Å². The molecule has 0 unspecified atom stereocenters. The van der Waals surface area contributed by atoms with Gasteiger partial charge in [0.25, 0.3) is 0 Å². The molecule has 0 amide bonds. The van der Waals surface area contributed by atoms with Crippen molar-refractivity contribution in [3.8, 4) is 0 Å². The van der Waals surface area contributed by atoms with Crippen molar-refractivity contribution >= 4 is 6.21 Å². The number of hydrogen-bond donors (Lipinski definition) is 1. The summed E-state index contributed by atoms with van der Waals surface area (Å²) in [6, 6.07) is 0.382. The fourth-order valence-electron chi connectivity index (χ4n) is 1.44. The van der Waals surface area contributed by atoms with E-state index in [0.29, 0.717) is 6.04 Å². The third-order valence-electron chi connectivity index (χ3n) is 2.57. The maximum absolute atomic E-state index is 4.39. The summed E-state index contributed by atoms with van der Waals surface area (Å²) in [6.45, 7) is 19.6. The number of rotatable bonds is 8. The highest BCUT2D eigenvalue weighted by Crippen LogP contribution is 2.09. The molecule has 0 rings (SSSR count). The Labute approximate surface area is 123 Å². The Kier molecular flexibility index (Phi) is 8.77. The third-order valence-corrected chi connectivity index (χ3v) is 2.57. The molecule has 0 atom stereocenters. The van der Waals surface area contributed by atoms with Crippen LogP contribution in [0, 0.1) is 0 Å². The van der Waals surface area contributed by atoms with E-state index in [1.54, 1.807) is 18.4 Å². The molecule has 0 aliphatic heterocycles. The van der Waals surface area contributed by atoms with Gasteiger partial charge in [0.1, 0.15) is 0 Å². The molecule has 20 heavy (non-hydrogen) atoms. The Morgan fingerprint density at radius 2 is 1.80 bits per heavy atom. The Morgan fingerprint density at radius 3 is 2.30 bits per heavy atom. The fraction of sp³-hybridized carbons (Fsp3) is 0.278. The van der Waals surface area contributed by atoms with Crippen molar-refractivity contribution in [1.29, 1.82) is 0 Å². The summed E-state index contributed by atoms with van der Waals surface area (Å²) >= 11 is 0. The molecule has 0 aromatic carbocycles. The predicted molar refractivity (Wildman–Crippen MR) is 91.9 cm³/mol. The first kappa shape index (κ1) is 17.9. The van der Waals surface area contributed by atoms with Crippen molar-refractivity contribution in [2.45, 2.75) is 33.7 Å². The first-order chi connectivity index (χ1) is 9.42. The van der Waals surface area contributed by atoms with Crippen LogP contribution >= 0.6 is 0 Å². The molecule has 1 N–H and O–H groups in total. The second-order valence-corrected chi connectivity index (χ2v) is 4.76. The molecule has 108 valence electrons. The fourth-order valence-corrected chi connectivity index (χ4v) is 1.44. The number of nitrogens with one attached hydrogen (secondary N) is 1. The van der Waals surface area contributed by atoms with Crippen molar-refractivity contribution in [2.24, 2.45) is 4.99 Å². The Balaban J connectivity index is 4.94. The van der Waals surface area contributed by atoms with Gasteiger partial charge in [-0.1, -0.05) is 50.1 Å². The molecule has 0 radical (unpaired) electrons. The summed E-state index contributed by atoms with van der Waals surface area (Å²) in [4.78, 5) is 4.39. The normalized spacial score (nSPS) is 13.8. The van der Waals surface area contributed by atoms with Crippen molar-refractivity contribution < 1.29 is 0 Å². The minimum Gasteiger partial charge on any atom is -0.386 e. The monoisotopic (exact) mass is 270 g/mol. The van der Waals surface area contributed by atoms with Gasteiger partial charge in [-0.05, 0) is 33.3 Å². The van der Waals surface area contributed by atoms with E-state index >= 15 is 0 Å². The van der Waals surface area contributed by atoms with E-state index in [1.807, 2.05) is 32.1 Å². The lowest BCUT2D eigenvalue weighted by Crippen LogP contribution is -2.21. The molecular formula is C18H26N2. The van der Waals surface area contributed by atoms with E-state index in [2.05, 4.69) is 43.9 Å². The molecular weight excluding hydrogens is 244 g/mol. The Bertz CT molecular complexity index is 472. The van der Waals surface area contributed by atoms with Crippen LogP contribution in [0.1, 0.15) is 27.7 Å². The zero-order valence-corrected chi connectivity index (χ0v) is 13.1. The topological polar surface area (TPSA) is 24.4 Å². The lowest BCUT2D eigenvalue weighted by atomic mass is 10.2. The third kappa shape index (κ3) is 7.37. The van der Waals surface area contributed by atoms with E-state index in [4.69, 9.17) is 0 Å². The zero-order valence-electron chi connectivity index (χ0n) is 13.1. The molecule has 0 spiro atoms. The van der Waals surface area contributed by atoms with Gasteiger partial charge in [0.2, 0.25) is 0 Å². The largest absolute Gasteiger partial charge is 0.386 e. The molecule has 0 heterocycles. The van der Waals surface area contributed by atoms with E-state index in [9.17, 15) is 0 Å². The lowest BCUT2D eigenvalue weighted by molar-refractivity contribution is 0.668. The highest BCUT2D eigenvalue weighted by Gasteiger charge is 1.99. The molecule has 0 saturated carbocycles. The zero-order chi connectivity index (χ0) is 15.5. The minimum atomic E-state index is 0.382. The minimum absolute atomic E-state index is 0.382. The summed E-state index contributed by atoms with van der Waals surface area (Å²) in [6.07, 6.45) is 11.0. The van der Waals surface area contributed by atoms with E-state index in [0.717, 1.165) is 22.5 Å². The maximum atomic E-state index is 4.39. The molecule has 2 heteroatoms. The average Bonchev–Trinajstić information content (AvgIpc) is 2.38. The van der Waals surface area contributed by atoms with Crippen LogP contribution in [0.25, 0.3) is 0 Å².